The molecular weight excluding hydrogens is 786 g/mol. The monoisotopic (exact) mass is 826 g/mol. The van der Waals surface area contributed by atoms with Gasteiger partial charge in [-0.05, 0) is 72.2 Å². The van der Waals surface area contributed by atoms with E-state index in [4.69, 9.17) is 9.47 Å². The second kappa shape index (κ2) is 16.1. The molecule has 1 aliphatic carbocycles. The fraction of sp³-hybridized carbons (Fsp3) is 0.239. The van der Waals surface area contributed by atoms with Crippen LogP contribution in [0.1, 0.15) is 59.5 Å². The number of aryl methyl sites for hydroxylation is 1. The molecule has 7 aromatic rings. The minimum Gasteiger partial charge on any atom is -0.374 e. The minimum absolute atomic E-state index is 0.0856. The molecule has 9 rings (SSSR count). The van der Waals surface area contributed by atoms with Gasteiger partial charge in [0.1, 0.15) is 0 Å². The second-order valence-electron chi connectivity index (χ2n) is 15.4. The van der Waals surface area contributed by atoms with Crippen LogP contribution in [-0.4, -0.2) is 52.7 Å². The van der Waals surface area contributed by atoms with Gasteiger partial charge in [0.2, 0.25) is 5.95 Å². The Bertz CT molecular complexity index is 2830. The van der Waals surface area contributed by atoms with E-state index < -0.39 is 23.4 Å². The Hall–Kier alpha value is -6.68. The molecule has 2 aliphatic rings. The zero-order valence-electron chi connectivity index (χ0n) is 33.1. The minimum atomic E-state index is -4.57. The molecule has 61 heavy (non-hydrogen) atoms. The summed E-state index contributed by atoms with van der Waals surface area (Å²) in [5, 5.41) is 21.3. The first-order valence-electron chi connectivity index (χ1n) is 19.8. The van der Waals surface area contributed by atoms with Crippen molar-refractivity contribution in [2.24, 2.45) is 0 Å². The summed E-state index contributed by atoms with van der Waals surface area (Å²) in [6, 6.07) is 29.8. The van der Waals surface area contributed by atoms with Gasteiger partial charge >= 0.3 is 6.18 Å². The molecule has 4 heterocycles. The van der Waals surface area contributed by atoms with Crippen LogP contribution in [-0.2, 0) is 27.7 Å². The molecular formula is C46H41F3N8O4. The predicted octanol–water partition coefficient (Wildman–Crippen LogP) is 8.72. The molecule has 4 aromatic carbocycles. The first kappa shape index (κ1) is 39.8. The highest BCUT2D eigenvalue weighted by atomic mass is 19.4. The van der Waals surface area contributed by atoms with Crippen molar-refractivity contribution in [2.45, 2.75) is 56.7 Å². The number of ether oxygens (including phenoxy) is 2. The van der Waals surface area contributed by atoms with E-state index in [0.717, 1.165) is 22.8 Å². The van der Waals surface area contributed by atoms with Crippen molar-refractivity contribution < 1.29 is 27.8 Å². The van der Waals surface area contributed by atoms with Gasteiger partial charge < -0.3 is 19.9 Å². The molecule has 0 radical (unpaired) electrons. The SMILES string of the molecule is C=CCC(OCc1cc(=O)n2[nH]c(-c3ccc(-c4cc(C(F)(F)F)cc(C5(COCC6=CC(O)n7nc(-c8ccccc8)nc7N6)CC5)c4)cc3)nc2n1)c1ccccc1C. The fourth-order valence-electron chi connectivity index (χ4n) is 7.63. The Labute approximate surface area is 348 Å². The zero-order valence-corrected chi connectivity index (χ0v) is 33.1. The Morgan fingerprint density at radius 3 is 2.41 bits per heavy atom. The van der Waals surface area contributed by atoms with Gasteiger partial charge in [0, 0.05) is 28.3 Å². The van der Waals surface area contributed by atoms with Crippen molar-refractivity contribution in [3.05, 3.63) is 166 Å². The third kappa shape index (κ3) is 8.27. The summed E-state index contributed by atoms with van der Waals surface area (Å²) in [5.74, 6) is 1.34. The molecule has 3 aromatic heterocycles. The van der Waals surface area contributed by atoms with E-state index in [1.165, 1.54) is 21.3 Å². The van der Waals surface area contributed by atoms with Crippen molar-refractivity contribution in [3.8, 4) is 33.9 Å². The van der Waals surface area contributed by atoms with Crippen LogP contribution in [0.5, 0.6) is 0 Å². The predicted molar refractivity (Wildman–Crippen MR) is 223 cm³/mol. The number of H-pyrrole nitrogens is 1. The normalized spacial score (nSPS) is 16.1. The molecule has 0 saturated heterocycles. The van der Waals surface area contributed by atoms with Gasteiger partial charge in [0.05, 0.1) is 37.2 Å². The zero-order chi connectivity index (χ0) is 42.3. The van der Waals surface area contributed by atoms with Crippen LogP contribution in [0.15, 0.2) is 132 Å². The number of fused-ring (bicyclic) bond motifs is 2. The standard InChI is InChI=1S/C46H41F3N8O4/c1-3-9-38(37-13-8-7-10-28(37)2)61-26-36-24-40(59)57-44(51-36)53-42(55-57)31-16-14-29(15-17-31)32-20-33(22-34(21-32)46(47,48)49)45(18-19-45)27-60-25-35-23-39(58)56-43(50-35)52-41(54-56)30-11-5-4-6-12-30/h3-8,10-17,20-24,38-39,58H,1,9,18-19,25-27H2,2H3,(H,50,52,54)(H,51,53,55). The number of nitrogens with zero attached hydrogens (tertiary/aromatic N) is 6. The quantitative estimate of drug-likeness (QED) is 0.0918. The van der Waals surface area contributed by atoms with Gasteiger partial charge in [-0.2, -0.15) is 32.3 Å². The van der Waals surface area contributed by atoms with Crippen LogP contribution in [0.2, 0.25) is 0 Å². The highest BCUT2D eigenvalue weighted by molar-refractivity contribution is 5.70. The van der Waals surface area contributed by atoms with Crippen molar-refractivity contribution in [1.82, 2.24) is 34.3 Å². The van der Waals surface area contributed by atoms with E-state index >= 15 is 0 Å². The van der Waals surface area contributed by atoms with E-state index in [2.05, 4.69) is 37.0 Å². The van der Waals surface area contributed by atoms with Crippen LogP contribution < -0.4 is 10.9 Å². The van der Waals surface area contributed by atoms with Crippen molar-refractivity contribution in [1.29, 1.82) is 0 Å². The Morgan fingerprint density at radius 1 is 0.918 bits per heavy atom. The van der Waals surface area contributed by atoms with Gasteiger partial charge in [0.15, 0.2) is 17.9 Å². The number of aliphatic hydroxyl groups is 1. The van der Waals surface area contributed by atoms with Crippen LogP contribution in [0, 0.1) is 6.92 Å². The highest BCUT2D eigenvalue weighted by Gasteiger charge is 2.46. The van der Waals surface area contributed by atoms with E-state index in [9.17, 15) is 23.1 Å². The van der Waals surface area contributed by atoms with Crippen molar-refractivity contribution in [3.63, 3.8) is 0 Å². The number of hydrogen-bond acceptors (Lipinski definition) is 9. The molecule has 2 unspecified atom stereocenters. The maximum absolute atomic E-state index is 14.4. The smallest absolute Gasteiger partial charge is 0.374 e. The van der Waals surface area contributed by atoms with Gasteiger partial charge in [-0.3, -0.25) is 9.89 Å². The lowest BCUT2D eigenvalue weighted by Gasteiger charge is -2.22. The van der Waals surface area contributed by atoms with Crippen LogP contribution in [0.4, 0.5) is 19.1 Å². The average molecular weight is 827 g/mol. The van der Waals surface area contributed by atoms with Gasteiger partial charge in [-0.1, -0.05) is 91.0 Å². The largest absolute Gasteiger partial charge is 0.416 e. The number of anilines is 1. The van der Waals surface area contributed by atoms with Crippen LogP contribution in [0.3, 0.4) is 0 Å². The van der Waals surface area contributed by atoms with E-state index in [0.29, 0.717) is 70.5 Å². The number of aromatic nitrogens is 7. The molecule has 15 heteroatoms. The number of aliphatic hydroxyl groups excluding tert-OH is 1. The molecule has 2 atom stereocenters. The third-order valence-corrected chi connectivity index (χ3v) is 11.1. The van der Waals surface area contributed by atoms with Gasteiger partial charge in [0.25, 0.3) is 11.3 Å². The molecule has 0 spiro atoms. The van der Waals surface area contributed by atoms with E-state index in [1.54, 1.807) is 42.5 Å². The second-order valence-corrected chi connectivity index (χ2v) is 15.4. The Morgan fingerprint density at radius 2 is 1.67 bits per heavy atom. The number of benzene rings is 4. The number of hydrogen-bond donors (Lipinski definition) is 3. The van der Waals surface area contributed by atoms with Crippen molar-refractivity contribution in [2.75, 3.05) is 18.5 Å². The van der Waals surface area contributed by atoms with Crippen LogP contribution in [0.25, 0.3) is 39.7 Å². The Balaban J connectivity index is 0.897. The number of rotatable bonds is 14. The summed E-state index contributed by atoms with van der Waals surface area (Å²) in [4.78, 5) is 26.8. The van der Waals surface area contributed by atoms with Gasteiger partial charge in [-0.25, -0.2) is 4.98 Å². The lowest BCUT2D eigenvalue weighted by molar-refractivity contribution is -0.137. The summed E-state index contributed by atoms with van der Waals surface area (Å²) in [6.45, 7) is 6.23. The summed E-state index contributed by atoms with van der Waals surface area (Å²) in [5.41, 5.74) is 4.32. The summed E-state index contributed by atoms with van der Waals surface area (Å²) in [6.07, 6.45) is -0.642. The molecule has 1 saturated carbocycles. The third-order valence-electron chi connectivity index (χ3n) is 11.1. The number of aromatic amines is 1. The van der Waals surface area contributed by atoms with Gasteiger partial charge in [-0.15, -0.1) is 11.7 Å². The van der Waals surface area contributed by atoms with E-state index in [-0.39, 0.29) is 37.3 Å². The van der Waals surface area contributed by atoms with Crippen LogP contribution >= 0.6 is 0 Å². The maximum atomic E-state index is 14.4. The lowest BCUT2D eigenvalue weighted by Crippen LogP contribution is -2.24. The average Bonchev–Trinajstić information content (AvgIpc) is 3.70. The summed E-state index contributed by atoms with van der Waals surface area (Å²) >= 11 is 0. The molecule has 0 amide bonds. The van der Waals surface area contributed by atoms with E-state index in [1.807, 2.05) is 61.5 Å². The molecule has 310 valence electrons. The molecule has 1 fully saturated rings. The fourth-order valence-corrected chi connectivity index (χ4v) is 7.63. The first-order chi connectivity index (χ1) is 29.5. The number of alkyl halides is 3. The summed E-state index contributed by atoms with van der Waals surface area (Å²) in [7, 11) is 0. The highest BCUT2D eigenvalue weighted by Crippen LogP contribution is 2.50. The first-order valence-corrected chi connectivity index (χ1v) is 19.8. The molecule has 3 N–H and O–H groups in total. The molecule has 0 bridgehead atoms. The Kier molecular flexibility index (Phi) is 10.5. The topological polar surface area (TPSA) is 144 Å². The van der Waals surface area contributed by atoms with Crippen molar-refractivity contribution >= 4 is 11.7 Å². The molecule has 12 nitrogen and oxygen atoms in total. The molecule has 1 aliphatic heterocycles. The number of nitrogens with one attached hydrogen (secondary N) is 2. The number of halogens is 3. The lowest BCUT2D eigenvalue weighted by atomic mass is 9.90. The maximum Gasteiger partial charge on any atom is 0.416 e. The summed E-state index contributed by atoms with van der Waals surface area (Å²) < 4.78 is 58.0.